The van der Waals surface area contributed by atoms with E-state index in [1.165, 1.54) is 19.2 Å². The highest BCUT2D eigenvalue weighted by Gasteiger charge is 2.50. The SMILES string of the molecule is BC(O)(F)C(F)(F)c1ccc(OC)cc1. The van der Waals surface area contributed by atoms with Crippen LogP contribution in [0.25, 0.3) is 0 Å². The average molecular weight is 218 g/mol. The molecule has 0 amide bonds. The summed E-state index contributed by atoms with van der Waals surface area (Å²) in [6.45, 7) is 0. The molecule has 6 heteroatoms. The third-order valence-electron chi connectivity index (χ3n) is 2.03. The summed E-state index contributed by atoms with van der Waals surface area (Å²) in [5.41, 5.74) is -0.601. The van der Waals surface area contributed by atoms with Crippen LogP contribution in [0.1, 0.15) is 5.56 Å². The molecule has 0 radical (unpaired) electrons. The van der Waals surface area contributed by atoms with Crippen molar-refractivity contribution in [3.8, 4) is 5.75 Å². The summed E-state index contributed by atoms with van der Waals surface area (Å²) in [5, 5.41) is 8.68. The molecule has 0 aliphatic heterocycles. The molecule has 1 aromatic carbocycles. The van der Waals surface area contributed by atoms with E-state index in [9.17, 15) is 13.2 Å². The van der Waals surface area contributed by atoms with Crippen molar-refractivity contribution in [2.24, 2.45) is 0 Å². The van der Waals surface area contributed by atoms with Crippen molar-refractivity contribution in [3.05, 3.63) is 29.8 Å². The highest BCUT2D eigenvalue weighted by molar-refractivity contribution is 6.13. The van der Waals surface area contributed by atoms with Crippen LogP contribution in [-0.4, -0.2) is 25.8 Å². The summed E-state index contributed by atoms with van der Waals surface area (Å²) in [5.74, 6) is -7.14. The summed E-state index contributed by atoms with van der Waals surface area (Å²) >= 11 is 0. The normalized spacial score (nSPS) is 15.8. The van der Waals surface area contributed by atoms with Crippen molar-refractivity contribution in [1.82, 2.24) is 0 Å². The molecule has 1 unspecified atom stereocenters. The maximum atomic E-state index is 13.2. The fourth-order valence-corrected chi connectivity index (χ4v) is 1.06. The summed E-state index contributed by atoms with van der Waals surface area (Å²) in [4.78, 5) is 0. The number of ether oxygens (including phenoxy) is 1. The number of alkyl halides is 3. The molecular formula is C9H10BF3O2. The van der Waals surface area contributed by atoms with Crippen LogP contribution in [0.4, 0.5) is 13.2 Å². The van der Waals surface area contributed by atoms with Gasteiger partial charge >= 0.3 is 5.92 Å². The highest BCUT2D eigenvalue weighted by atomic mass is 19.3. The van der Waals surface area contributed by atoms with E-state index in [2.05, 4.69) is 0 Å². The van der Waals surface area contributed by atoms with Crippen LogP contribution in [0.3, 0.4) is 0 Å². The number of hydrogen-bond acceptors (Lipinski definition) is 2. The van der Waals surface area contributed by atoms with Gasteiger partial charge in [-0.05, 0) is 24.3 Å². The molecule has 0 spiro atoms. The molecular weight excluding hydrogens is 208 g/mol. The number of hydrogen-bond donors (Lipinski definition) is 1. The quantitative estimate of drug-likeness (QED) is 0.768. The third kappa shape index (κ3) is 2.26. The Hall–Kier alpha value is -1.17. The maximum Gasteiger partial charge on any atom is 0.321 e. The summed E-state index contributed by atoms with van der Waals surface area (Å²) in [6.07, 6.45) is 0. The van der Waals surface area contributed by atoms with E-state index in [0.29, 0.717) is 13.6 Å². The van der Waals surface area contributed by atoms with Crippen LogP contribution < -0.4 is 4.74 Å². The predicted octanol–water partition coefficient (Wildman–Crippen LogP) is 1.04. The highest BCUT2D eigenvalue weighted by Crippen LogP contribution is 2.38. The Morgan fingerprint density at radius 2 is 1.67 bits per heavy atom. The lowest BCUT2D eigenvalue weighted by Gasteiger charge is -2.25. The fourth-order valence-electron chi connectivity index (χ4n) is 1.06. The predicted molar refractivity (Wildman–Crippen MR) is 51.5 cm³/mol. The standard InChI is InChI=1S/C9H10BF3O2/c1-15-7-4-2-6(3-5-7)8(11,12)9(10,13)14/h2-5,14H,10H2,1H3. The van der Waals surface area contributed by atoms with Crippen molar-refractivity contribution in [1.29, 1.82) is 0 Å². The van der Waals surface area contributed by atoms with Gasteiger partial charge in [0.2, 0.25) is 5.75 Å². The van der Waals surface area contributed by atoms with Gasteiger partial charge < -0.3 is 9.84 Å². The molecule has 0 aromatic heterocycles. The van der Waals surface area contributed by atoms with Gasteiger partial charge in [0.25, 0.3) is 0 Å². The number of rotatable bonds is 3. The Morgan fingerprint density at radius 3 is 2.00 bits per heavy atom. The van der Waals surface area contributed by atoms with Crippen LogP contribution in [0.15, 0.2) is 24.3 Å². The largest absolute Gasteiger partial charge is 0.497 e. The monoisotopic (exact) mass is 218 g/mol. The molecule has 0 aliphatic rings. The van der Waals surface area contributed by atoms with Gasteiger partial charge in [0.05, 0.1) is 7.11 Å². The Bertz CT molecular complexity index is 332. The molecule has 0 bridgehead atoms. The molecule has 15 heavy (non-hydrogen) atoms. The number of aliphatic hydroxyl groups is 1. The zero-order chi connectivity index (χ0) is 11.7. The van der Waals surface area contributed by atoms with Gasteiger partial charge in [-0.2, -0.15) is 8.78 Å². The van der Waals surface area contributed by atoms with E-state index in [0.717, 1.165) is 12.1 Å². The fraction of sp³-hybridized carbons (Fsp3) is 0.333. The Labute approximate surface area is 86.1 Å². The first-order valence-electron chi connectivity index (χ1n) is 4.22. The minimum Gasteiger partial charge on any atom is -0.497 e. The van der Waals surface area contributed by atoms with Gasteiger partial charge in [0.15, 0.2) is 7.85 Å². The van der Waals surface area contributed by atoms with E-state index in [-0.39, 0.29) is 0 Å². The number of methoxy groups -OCH3 is 1. The first-order chi connectivity index (χ1) is 6.79. The second-order valence-corrected chi connectivity index (χ2v) is 3.26. The van der Waals surface area contributed by atoms with E-state index in [1.807, 2.05) is 0 Å². The van der Waals surface area contributed by atoms with Crippen LogP contribution in [-0.2, 0) is 5.92 Å². The molecule has 0 aliphatic carbocycles. The molecule has 1 aromatic rings. The van der Waals surface area contributed by atoms with E-state index in [4.69, 9.17) is 9.84 Å². The van der Waals surface area contributed by atoms with Crippen molar-refractivity contribution in [3.63, 3.8) is 0 Å². The first-order valence-corrected chi connectivity index (χ1v) is 4.22. The smallest absolute Gasteiger partial charge is 0.321 e. The second kappa shape index (κ2) is 3.77. The van der Waals surface area contributed by atoms with E-state index < -0.39 is 17.2 Å². The topological polar surface area (TPSA) is 29.5 Å². The van der Waals surface area contributed by atoms with Crippen LogP contribution in [0, 0.1) is 0 Å². The third-order valence-corrected chi connectivity index (χ3v) is 2.03. The molecule has 1 N–H and O–H groups in total. The summed E-state index contributed by atoms with van der Waals surface area (Å²) in [7, 11) is 1.80. The lowest BCUT2D eigenvalue weighted by molar-refractivity contribution is -0.206. The van der Waals surface area contributed by atoms with Gasteiger partial charge in [0.1, 0.15) is 5.75 Å². The number of halogens is 3. The Morgan fingerprint density at radius 1 is 1.20 bits per heavy atom. The van der Waals surface area contributed by atoms with E-state index >= 15 is 0 Å². The Kier molecular flexibility index (Phi) is 2.99. The summed E-state index contributed by atoms with van der Waals surface area (Å²) in [6, 6.07) is 4.56. The van der Waals surface area contributed by atoms with Crippen molar-refractivity contribution in [2.45, 2.75) is 11.7 Å². The van der Waals surface area contributed by atoms with E-state index in [1.54, 1.807) is 0 Å². The molecule has 0 saturated heterocycles. The Balaban J connectivity index is 3.06. The van der Waals surface area contributed by atoms with Crippen LogP contribution >= 0.6 is 0 Å². The maximum absolute atomic E-state index is 13.2. The molecule has 82 valence electrons. The number of benzene rings is 1. The molecule has 1 atom stereocenters. The van der Waals surface area contributed by atoms with Gasteiger partial charge in [-0.1, -0.05) is 0 Å². The molecule has 0 heterocycles. The minimum atomic E-state index is -3.95. The van der Waals surface area contributed by atoms with Gasteiger partial charge in [0, 0.05) is 5.56 Å². The molecule has 2 nitrogen and oxygen atoms in total. The van der Waals surface area contributed by atoms with Crippen LogP contribution in [0.5, 0.6) is 5.75 Å². The van der Waals surface area contributed by atoms with Crippen LogP contribution in [0.2, 0.25) is 0 Å². The molecule has 0 saturated carbocycles. The first kappa shape index (κ1) is 11.9. The average Bonchev–Trinajstić information content (AvgIpc) is 2.16. The lowest BCUT2D eigenvalue weighted by atomic mass is 9.86. The van der Waals surface area contributed by atoms with Crippen molar-refractivity contribution in [2.75, 3.05) is 7.11 Å². The summed E-state index contributed by atoms with van der Waals surface area (Å²) < 4.78 is 44.0. The van der Waals surface area contributed by atoms with Gasteiger partial charge in [-0.3, -0.25) is 0 Å². The second-order valence-electron chi connectivity index (χ2n) is 3.26. The zero-order valence-electron chi connectivity index (χ0n) is 8.30. The van der Waals surface area contributed by atoms with Gasteiger partial charge in [-0.15, -0.1) is 0 Å². The minimum absolute atomic E-state index is 0.382. The van der Waals surface area contributed by atoms with Crippen molar-refractivity contribution >= 4 is 7.85 Å². The lowest BCUT2D eigenvalue weighted by Crippen LogP contribution is -2.42. The zero-order valence-corrected chi connectivity index (χ0v) is 8.30. The molecule has 1 rings (SSSR count). The van der Waals surface area contributed by atoms with Crippen molar-refractivity contribution < 1.29 is 23.0 Å². The van der Waals surface area contributed by atoms with Gasteiger partial charge in [-0.25, -0.2) is 4.39 Å². The molecule has 0 fully saturated rings.